The number of nitrogens with zero attached hydrogens (tertiary/aromatic N) is 4. The second kappa shape index (κ2) is 8.20. The second-order valence-corrected chi connectivity index (χ2v) is 9.08. The van der Waals surface area contributed by atoms with E-state index in [4.69, 9.17) is 16.6 Å². The largest absolute Gasteiger partial charge is 0.377 e. The fraction of sp³-hybridized carbons (Fsp3) is 0.333. The summed E-state index contributed by atoms with van der Waals surface area (Å²) in [7, 11) is 3.65. The van der Waals surface area contributed by atoms with Crippen LogP contribution in [-0.4, -0.2) is 47.9 Å². The molecule has 1 aliphatic heterocycles. The number of piperidine rings is 1. The average molecular weight is 445 g/mol. The number of non-ortho nitro benzene ring substituents is 1. The van der Waals surface area contributed by atoms with Crippen molar-refractivity contribution in [1.29, 1.82) is 0 Å². The lowest BCUT2D eigenvalue weighted by molar-refractivity contribution is -0.384. The Balaban J connectivity index is 1.51. The molecule has 156 valence electrons. The van der Waals surface area contributed by atoms with Gasteiger partial charge in [0.25, 0.3) is 11.6 Å². The van der Waals surface area contributed by atoms with E-state index in [0.717, 1.165) is 28.1 Å². The van der Waals surface area contributed by atoms with Gasteiger partial charge < -0.3 is 9.80 Å². The Morgan fingerprint density at radius 3 is 2.63 bits per heavy atom. The summed E-state index contributed by atoms with van der Waals surface area (Å²) >= 11 is 7.74. The number of aromatic nitrogens is 1. The highest BCUT2D eigenvalue weighted by Crippen LogP contribution is 2.35. The number of nitro groups is 1. The molecule has 1 amide bonds. The van der Waals surface area contributed by atoms with Crippen molar-refractivity contribution >= 4 is 50.4 Å². The quantitative estimate of drug-likeness (QED) is 0.420. The topological polar surface area (TPSA) is 79.6 Å². The molecular formula is C21H21ClN4O3S. The van der Waals surface area contributed by atoms with Crippen LogP contribution in [0, 0.1) is 10.1 Å². The predicted molar refractivity (Wildman–Crippen MR) is 120 cm³/mol. The first-order valence-corrected chi connectivity index (χ1v) is 10.8. The molecule has 2 aromatic carbocycles. The lowest BCUT2D eigenvalue weighted by atomic mass is 9.96. The molecule has 0 radical (unpaired) electrons. The minimum atomic E-state index is -0.470. The van der Waals surface area contributed by atoms with Crippen LogP contribution in [0.2, 0.25) is 5.02 Å². The smallest absolute Gasteiger partial charge is 0.270 e. The number of nitro benzene ring substituents is 1. The van der Waals surface area contributed by atoms with Gasteiger partial charge in [0.1, 0.15) is 0 Å². The van der Waals surface area contributed by atoms with Crippen molar-refractivity contribution in [2.75, 3.05) is 32.1 Å². The van der Waals surface area contributed by atoms with Crippen molar-refractivity contribution in [2.24, 2.45) is 0 Å². The van der Waals surface area contributed by atoms with E-state index >= 15 is 0 Å². The van der Waals surface area contributed by atoms with E-state index in [2.05, 4.69) is 0 Å². The third-order valence-corrected chi connectivity index (χ3v) is 6.83. The number of carbonyl (C=O) groups excluding carboxylic acids is 1. The molecule has 0 bridgehead atoms. The molecule has 7 nitrogen and oxygen atoms in total. The number of thiazole rings is 1. The molecule has 0 aliphatic carbocycles. The Bertz CT molecular complexity index is 1120. The second-order valence-electron chi connectivity index (χ2n) is 7.58. The number of anilines is 1. The number of halogens is 1. The van der Waals surface area contributed by atoms with Gasteiger partial charge in [0, 0.05) is 55.9 Å². The van der Waals surface area contributed by atoms with Gasteiger partial charge in [-0.25, -0.2) is 4.98 Å². The number of amides is 1. The number of rotatable bonds is 4. The van der Waals surface area contributed by atoms with Gasteiger partial charge in [0.2, 0.25) is 0 Å². The Morgan fingerprint density at radius 2 is 1.97 bits per heavy atom. The molecule has 0 atom stereocenters. The van der Waals surface area contributed by atoms with Crippen LogP contribution in [0.3, 0.4) is 0 Å². The van der Waals surface area contributed by atoms with E-state index in [1.807, 2.05) is 32.3 Å². The molecule has 30 heavy (non-hydrogen) atoms. The summed E-state index contributed by atoms with van der Waals surface area (Å²) in [5.74, 6) is 0.126. The van der Waals surface area contributed by atoms with Crippen molar-refractivity contribution in [3.8, 4) is 0 Å². The van der Waals surface area contributed by atoms with Gasteiger partial charge in [-0.1, -0.05) is 11.6 Å². The standard InChI is InChI=1S/C21H21ClN4O3S/c1-24(2)18-5-4-15(26(28)29)12-16(18)21(27)25-9-7-13(8-10-25)20-23-17-11-14(22)3-6-19(17)30-20/h3-6,11-13H,7-10H2,1-2H3. The van der Waals surface area contributed by atoms with E-state index < -0.39 is 4.92 Å². The fourth-order valence-corrected chi connectivity index (χ4v) is 5.08. The predicted octanol–water partition coefficient (Wildman–Crippen LogP) is 4.94. The van der Waals surface area contributed by atoms with E-state index in [-0.39, 0.29) is 11.6 Å². The molecule has 0 N–H and O–H groups in total. The first-order chi connectivity index (χ1) is 14.3. The maximum atomic E-state index is 13.2. The van der Waals surface area contributed by atoms with E-state index in [1.165, 1.54) is 12.1 Å². The Morgan fingerprint density at radius 1 is 1.23 bits per heavy atom. The van der Waals surface area contributed by atoms with Crippen molar-refractivity contribution in [1.82, 2.24) is 9.88 Å². The lowest BCUT2D eigenvalue weighted by Crippen LogP contribution is -2.38. The first-order valence-electron chi connectivity index (χ1n) is 9.64. The molecule has 4 rings (SSSR count). The Hall–Kier alpha value is -2.71. The van der Waals surface area contributed by atoms with Crippen molar-refractivity contribution in [2.45, 2.75) is 18.8 Å². The van der Waals surface area contributed by atoms with Gasteiger partial charge in [0.05, 0.1) is 25.7 Å². The summed E-state index contributed by atoms with van der Waals surface area (Å²) in [6, 6.07) is 10.2. The highest BCUT2D eigenvalue weighted by Gasteiger charge is 2.29. The Labute approximate surface area is 183 Å². The molecule has 9 heteroatoms. The van der Waals surface area contributed by atoms with Crippen molar-refractivity contribution in [3.63, 3.8) is 0 Å². The average Bonchev–Trinajstić information content (AvgIpc) is 3.16. The third-order valence-electron chi connectivity index (χ3n) is 5.40. The van der Waals surface area contributed by atoms with Crippen LogP contribution in [0.4, 0.5) is 11.4 Å². The van der Waals surface area contributed by atoms with Crippen molar-refractivity contribution < 1.29 is 9.72 Å². The zero-order valence-electron chi connectivity index (χ0n) is 16.7. The summed E-state index contributed by atoms with van der Waals surface area (Å²) < 4.78 is 1.11. The first kappa shape index (κ1) is 20.6. The van der Waals surface area contributed by atoms with Crippen LogP contribution < -0.4 is 4.90 Å². The van der Waals surface area contributed by atoms with Gasteiger partial charge >= 0.3 is 0 Å². The molecule has 0 unspecified atom stereocenters. The summed E-state index contributed by atoms with van der Waals surface area (Å²) in [4.78, 5) is 32.2. The molecule has 1 fully saturated rings. The van der Waals surface area contributed by atoms with E-state index in [9.17, 15) is 14.9 Å². The van der Waals surface area contributed by atoms with Gasteiger partial charge in [0.15, 0.2) is 0 Å². The maximum absolute atomic E-state index is 13.2. The van der Waals surface area contributed by atoms with Crippen molar-refractivity contribution in [3.05, 3.63) is 62.1 Å². The molecule has 3 aromatic rings. The van der Waals surface area contributed by atoms with E-state index in [1.54, 1.807) is 27.2 Å². The third kappa shape index (κ3) is 3.97. The molecule has 1 saturated heterocycles. The van der Waals surface area contributed by atoms with Gasteiger partial charge in [-0.2, -0.15) is 0 Å². The zero-order chi connectivity index (χ0) is 21.4. The summed E-state index contributed by atoms with van der Waals surface area (Å²) in [5.41, 5.74) is 1.87. The monoisotopic (exact) mass is 444 g/mol. The minimum Gasteiger partial charge on any atom is -0.377 e. The van der Waals surface area contributed by atoms with Crippen LogP contribution >= 0.6 is 22.9 Å². The highest BCUT2D eigenvalue weighted by molar-refractivity contribution is 7.18. The van der Waals surface area contributed by atoms with E-state index in [0.29, 0.717) is 35.3 Å². The molecule has 0 spiro atoms. The van der Waals surface area contributed by atoms with Gasteiger partial charge in [-0.15, -0.1) is 11.3 Å². The lowest BCUT2D eigenvalue weighted by Gasteiger charge is -2.32. The maximum Gasteiger partial charge on any atom is 0.270 e. The molecule has 1 aliphatic rings. The summed E-state index contributed by atoms with van der Waals surface area (Å²) in [6.45, 7) is 1.19. The summed E-state index contributed by atoms with van der Waals surface area (Å²) in [5, 5.41) is 12.9. The molecule has 1 aromatic heterocycles. The van der Waals surface area contributed by atoms with Crippen LogP contribution in [0.5, 0.6) is 0 Å². The molecule has 0 saturated carbocycles. The highest BCUT2D eigenvalue weighted by atomic mass is 35.5. The summed E-state index contributed by atoms with van der Waals surface area (Å²) in [6.07, 6.45) is 1.62. The van der Waals surface area contributed by atoms with Crippen LogP contribution in [0.15, 0.2) is 36.4 Å². The zero-order valence-corrected chi connectivity index (χ0v) is 18.2. The fourth-order valence-electron chi connectivity index (χ4n) is 3.79. The Kier molecular flexibility index (Phi) is 5.62. The number of likely N-dealkylation sites (tertiary alicyclic amines) is 1. The number of hydrogen-bond donors (Lipinski definition) is 0. The normalized spacial score (nSPS) is 14.8. The molecular weight excluding hydrogens is 424 g/mol. The number of benzene rings is 2. The van der Waals surface area contributed by atoms with Crippen LogP contribution in [0.25, 0.3) is 10.2 Å². The van der Waals surface area contributed by atoms with Crippen LogP contribution in [0.1, 0.15) is 34.1 Å². The molecule has 2 heterocycles. The minimum absolute atomic E-state index is 0.0769. The van der Waals surface area contributed by atoms with Gasteiger partial charge in [-0.3, -0.25) is 14.9 Å². The van der Waals surface area contributed by atoms with Crippen LogP contribution in [-0.2, 0) is 0 Å². The number of carbonyl (C=O) groups is 1. The van der Waals surface area contributed by atoms with Gasteiger partial charge in [-0.05, 0) is 37.1 Å². The number of fused-ring (bicyclic) bond motifs is 1. The number of hydrogen-bond acceptors (Lipinski definition) is 6. The SMILES string of the molecule is CN(C)c1ccc([N+](=O)[O-])cc1C(=O)N1CCC(c2nc3cc(Cl)ccc3s2)CC1.